The maximum Gasteiger partial charge on any atom is 0.391 e. The number of carbonyl (C=O) groups excluding carboxylic acids is 2. The van der Waals surface area contributed by atoms with Crippen molar-refractivity contribution in [2.75, 3.05) is 44.0 Å². The third kappa shape index (κ3) is 7.20. The summed E-state index contributed by atoms with van der Waals surface area (Å²) in [6.45, 7) is 1.32. The third-order valence-electron chi connectivity index (χ3n) is 7.75. The summed E-state index contributed by atoms with van der Waals surface area (Å²) in [5.74, 6) is -0.919. The van der Waals surface area contributed by atoms with E-state index in [9.17, 15) is 22.8 Å². The van der Waals surface area contributed by atoms with Crippen LogP contribution in [0.5, 0.6) is 5.75 Å². The molecule has 1 aliphatic heterocycles. The Morgan fingerprint density at radius 1 is 0.974 bits per heavy atom. The molecule has 0 spiro atoms. The number of alkyl halides is 3. The minimum Gasteiger partial charge on any atom is -0.484 e. The van der Waals surface area contributed by atoms with Gasteiger partial charge in [-0.1, -0.05) is 18.2 Å². The Morgan fingerprint density at radius 2 is 1.63 bits per heavy atom. The summed E-state index contributed by atoms with van der Waals surface area (Å²) >= 11 is 0. The van der Waals surface area contributed by atoms with E-state index in [-0.39, 0.29) is 50.0 Å². The highest BCUT2D eigenvalue weighted by Crippen LogP contribution is 2.40. The molecule has 206 valence electrons. The molecule has 0 aromatic heterocycles. The van der Waals surface area contributed by atoms with Crippen LogP contribution in [-0.4, -0.2) is 56.7 Å². The lowest BCUT2D eigenvalue weighted by molar-refractivity contribution is -0.184. The summed E-state index contributed by atoms with van der Waals surface area (Å²) in [5, 5.41) is 2.86. The van der Waals surface area contributed by atoms with E-state index < -0.39 is 12.1 Å². The Balaban J connectivity index is 1.21. The van der Waals surface area contributed by atoms with Crippen LogP contribution >= 0.6 is 0 Å². The minimum atomic E-state index is -4.17. The van der Waals surface area contributed by atoms with E-state index in [2.05, 4.69) is 5.32 Å². The predicted octanol–water partition coefficient (Wildman–Crippen LogP) is 5.84. The highest BCUT2D eigenvalue weighted by molar-refractivity contribution is 5.92. The number of hydrogen-bond donors (Lipinski definition) is 1. The van der Waals surface area contributed by atoms with Crippen molar-refractivity contribution >= 4 is 23.2 Å². The third-order valence-corrected chi connectivity index (χ3v) is 7.75. The SMILES string of the molecule is CN(C)c1cccc(OCC(=O)N2CCC(c3ccc(NC(=O)C4CCC(C(F)(F)F)CC4)cc3)CC2)c1. The molecule has 2 fully saturated rings. The van der Waals surface area contributed by atoms with Gasteiger partial charge in [0.25, 0.3) is 5.91 Å². The number of rotatable bonds is 7. The number of halogens is 3. The van der Waals surface area contributed by atoms with Crippen molar-refractivity contribution in [1.82, 2.24) is 4.90 Å². The molecule has 2 aromatic rings. The number of amides is 2. The maximum absolute atomic E-state index is 12.9. The lowest BCUT2D eigenvalue weighted by atomic mass is 9.81. The second-order valence-corrected chi connectivity index (χ2v) is 10.5. The Morgan fingerprint density at radius 3 is 2.24 bits per heavy atom. The van der Waals surface area contributed by atoms with Gasteiger partial charge in [0.05, 0.1) is 5.92 Å². The molecule has 4 rings (SSSR count). The van der Waals surface area contributed by atoms with Crippen LogP contribution in [0.25, 0.3) is 0 Å². The van der Waals surface area contributed by atoms with Gasteiger partial charge in [-0.25, -0.2) is 0 Å². The number of benzene rings is 2. The fraction of sp³-hybridized carbons (Fsp3) is 0.517. The monoisotopic (exact) mass is 531 g/mol. The van der Waals surface area contributed by atoms with E-state index in [1.807, 2.05) is 72.4 Å². The van der Waals surface area contributed by atoms with Gasteiger partial charge in [0, 0.05) is 50.5 Å². The van der Waals surface area contributed by atoms with E-state index in [4.69, 9.17) is 4.74 Å². The molecule has 1 saturated carbocycles. The number of carbonyl (C=O) groups is 2. The molecule has 2 amide bonds. The standard InChI is InChI=1S/C29H36F3N3O3/c1-34(2)25-4-3-5-26(18-25)38-19-27(36)35-16-14-21(15-17-35)20-8-12-24(13-9-20)33-28(37)22-6-10-23(11-7-22)29(30,31)32/h3-5,8-9,12-13,18,21-23H,6-7,10-11,14-17,19H2,1-2H3,(H,33,37). The molecular weight excluding hydrogens is 495 g/mol. The molecule has 1 aliphatic carbocycles. The zero-order valence-electron chi connectivity index (χ0n) is 22.0. The largest absolute Gasteiger partial charge is 0.484 e. The number of nitrogens with zero attached hydrogens (tertiary/aromatic N) is 2. The summed E-state index contributed by atoms with van der Waals surface area (Å²) in [5.41, 5.74) is 2.81. The molecule has 1 heterocycles. The van der Waals surface area contributed by atoms with Gasteiger partial charge in [0.1, 0.15) is 5.75 Å². The Hall–Kier alpha value is -3.23. The van der Waals surface area contributed by atoms with Crippen molar-refractivity contribution in [2.45, 2.75) is 50.6 Å². The van der Waals surface area contributed by atoms with Gasteiger partial charge in [0.2, 0.25) is 5.91 Å². The first-order chi connectivity index (χ1) is 18.1. The molecular formula is C29H36F3N3O3. The van der Waals surface area contributed by atoms with Crippen molar-refractivity contribution in [3.8, 4) is 5.75 Å². The summed E-state index contributed by atoms with van der Waals surface area (Å²) in [6.07, 6.45) is -1.94. The van der Waals surface area contributed by atoms with Gasteiger partial charge in [-0.3, -0.25) is 9.59 Å². The average molecular weight is 532 g/mol. The summed E-state index contributed by atoms with van der Waals surface area (Å²) in [6, 6.07) is 15.3. The fourth-order valence-electron chi connectivity index (χ4n) is 5.32. The van der Waals surface area contributed by atoms with Gasteiger partial charge >= 0.3 is 6.18 Å². The lowest BCUT2D eigenvalue weighted by Gasteiger charge is -2.32. The van der Waals surface area contributed by atoms with Crippen LogP contribution in [0.3, 0.4) is 0 Å². The van der Waals surface area contributed by atoms with Crippen molar-refractivity contribution in [3.05, 3.63) is 54.1 Å². The van der Waals surface area contributed by atoms with Crippen molar-refractivity contribution in [1.29, 1.82) is 0 Å². The highest BCUT2D eigenvalue weighted by atomic mass is 19.4. The van der Waals surface area contributed by atoms with Crippen LogP contribution in [0.2, 0.25) is 0 Å². The van der Waals surface area contributed by atoms with Gasteiger partial charge in [-0.15, -0.1) is 0 Å². The van der Waals surface area contributed by atoms with Crippen LogP contribution in [-0.2, 0) is 9.59 Å². The lowest BCUT2D eigenvalue weighted by Crippen LogP contribution is -2.40. The second kappa shape index (κ2) is 12.1. The zero-order chi connectivity index (χ0) is 27.3. The minimum absolute atomic E-state index is 0.00774. The van der Waals surface area contributed by atoms with Gasteiger partial charge in [0.15, 0.2) is 6.61 Å². The van der Waals surface area contributed by atoms with Crippen LogP contribution in [0, 0.1) is 11.8 Å². The molecule has 38 heavy (non-hydrogen) atoms. The second-order valence-electron chi connectivity index (χ2n) is 10.5. The average Bonchev–Trinajstić information content (AvgIpc) is 2.92. The highest BCUT2D eigenvalue weighted by Gasteiger charge is 2.42. The number of likely N-dealkylation sites (tertiary alicyclic amines) is 1. The zero-order valence-corrected chi connectivity index (χ0v) is 22.0. The normalized spacial score (nSPS) is 20.6. The van der Waals surface area contributed by atoms with Crippen LogP contribution in [0.4, 0.5) is 24.5 Å². The van der Waals surface area contributed by atoms with Crippen molar-refractivity contribution in [2.24, 2.45) is 11.8 Å². The Bertz CT molecular complexity index is 1090. The first-order valence-electron chi connectivity index (χ1n) is 13.3. The van der Waals surface area contributed by atoms with Crippen LogP contribution in [0.1, 0.15) is 50.0 Å². The molecule has 1 saturated heterocycles. The number of piperidine rings is 1. The number of hydrogen-bond acceptors (Lipinski definition) is 4. The Labute approximate surface area is 222 Å². The summed E-state index contributed by atoms with van der Waals surface area (Å²) in [7, 11) is 3.90. The first-order valence-corrected chi connectivity index (χ1v) is 13.3. The predicted molar refractivity (Wildman–Crippen MR) is 141 cm³/mol. The number of anilines is 2. The van der Waals surface area contributed by atoms with Crippen molar-refractivity contribution in [3.63, 3.8) is 0 Å². The smallest absolute Gasteiger partial charge is 0.391 e. The molecule has 6 nitrogen and oxygen atoms in total. The van der Waals surface area contributed by atoms with E-state index >= 15 is 0 Å². The quantitative estimate of drug-likeness (QED) is 0.487. The van der Waals surface area contributed by atoms with Crippen LogP contribution < -0.4 is 15.0 Å². The topological polar surface area (TPSA) is 61.9 Å². The molecule has 0 radical (unpaired) electrons. The molecule has 0 unspecified atom stereocenters. The number of ether oxygens (including phenoxy) is 1. The van der Waals surface area contributed by atoms with Crippen molar-refractivity contribution < 1.29 is 27.5 Å². The molecule has 0 bridgehead atoms. The van der Waals surface area contributed by atoms with Gasteiger partial charge in [-0.05, 0) is 74.3 Å². The van der Waals surface area contributed by atoms with Crippen LogP contribution in [0.15, 0.2) is 48.5 Å². The number of nitrogens with one attached hydrogen (secondary N) is 1. The van der Waals surface area contributed by atoms with Gasteiger partial charge < -0.3 is 19.9 Å². The summed E-state index contributed by atoms with van der Waals surface area (Å²) < 4.78 is 44.4. The first kappa shape index (κ1) is 27.8. The Kier molecular flexibility index (Phi) is 8.84. The van der Waals surface area contributed by atoms with E-state index in [0.717, 1.165) is 24.1 Å². The molecule has 0 atom stereocenters. The molecule has 2 aromatic carbocycles. The maximum atomic E-state index is 12.9. The summed E-state index contributed by atoms with van der Waals surface area (Å²) in [4.78, 5) is 29.1. The van der Waals surface area contributed by atoms with E-state index in [1.54, 1.807) is 0 Å². The fourth-order valence-corrected chi connectivity index (χ4v) is 5.32. The molecule has 9 heteroatoms. The van der Waals surface area contributed by atoms with E-state index in [1.165, 1.54) is 0 Å². The van der Waals surface area contributed by atoms with Gasteiger partial charge in [-0.2, -0.15) is 13.2 Å². The molecule has 2 aliphatic rings. The van der Waals surface area contributed by atoms with E-state index in [0.29, 0.717) is 30.4 Å². The molecule has 1 N–H and O–H groups in total.